The number of allylic oxidation sites excluding steroid dienone is 24. The van der Waals surface area contributed by atoms with E-state index < -0.39 is 26.5 Å². The average Bonchev–Trinajstić information content (AvgIpc) is 3.48. The van der Waals surface area contributed by atoms with Gasteiger partial charge in [-0.05, 0) is 116 Å². The van der Waals surface area contributed by atoms with Gasteiger partial charge in [-0.2, -0.15) is 0 Å². The van der Waals surface area contributed by atoms with Gasteiger partial charge >= 0.3 is 19.8 Å². The summed E-state index contributed by atoms with van der Waals surface area (Å²) >= 11 is 0. The fraction of sp³-hybridized carbons (Fsp3) is 0.644. The first-order valence-electron chi connectivity index (χ1n) is 33.3. The van der Waals surface area contributed by atoms with Crippen LogP contribution < -0.4 is 5.73 Å². The van der Waals surface area contributed by atoms with E-state index in [1.807, 2.05) is 0 Å². The maximum atomic E-state index is 12.8. The van der Waals surface area contributed by atoms with Gasteiger partial charge in [0, 0.05) is 19.4 Å². The standard InChI is InChI=1S/C73H122NO8P/c1-3-5-7-9-11-13-15-17-19-21-23-25-27-28-29-30-31-32-33-34-35-36-37-38-39-40-41-42-44-46-48-50-52-54-56-58-60-62-64-66-73(76)82-71(70-81-83(77,78)80-68-67-74)69-79-72(75)65-63-61-59-57-55-53-51-49-47-45-43-26-24-22-20-18-16-14-12-10-8-6-4-2/h5-8,11-14,17-20,23-26,28-29,31-32,34-35,37-38,71H,3-4,9-10,15-16,21-22,27,30,33,36,39-70,74H2,1-2H3,(H,77,78)/b7-5-,8-6-,13-11-,14-12-,19-17-,20-18-,25-23-,26-24-,29-28-,32-31-,35-34-,38-37-. The van der Waals surface area contributed by atoms with E-state index in [0.717, 1.165) is 128 Å². The summed E-state index contributed by atoms with van der Waals surface area (Å²) in [5.41, 5.74) is 5.39. The molecule has 0 rings (SSSR count). The number of phosphoric acid groups is 1. The lowest BCUT2D eigenvalue weighted by atomic mass is 10.0. The zero-order valence-electron chi connectivity index (χ0n) is 52.9. The molecule has 3 N–H and O–H groups in total. The number of unbranched alkanes of at least 4 members (excludes halogenated alkanes) is 24. The summed E-state index contributed by atoms with van der Waals surface area (Å²) in [6.07, 6.45) is 96.4. The van der Waals surface area contributed by atoms with Crippen molar-refractivity contribution < 1.29 is 37.6 Å². The van der Waals surface area contributed by atoms with Crippen LogP contribution >= 0.6 is 7.82 Å². The molecule has 0 aromatic rings. The van der Waals surface area contributed by atoms with Gasteiger partial charge in [-0.25, -0.2) is 4.57 Å². The van der Waals surface area contributed by atoms with Crippen molar-refractivity contribution >= 4 is 19.8 Å². The Morgan fingerprint density at radius 3 is 0.928 bits per heavy atom. The molecule has 10 heteroatoms. The molecule has 0 aliphatic rings. The number of hydrogen-bond acceptors (Lipinski definition) is 8. The fourth-order valence-corrected chi connectivity index (χ4v) is 9.64. The highest BCUT2D eigenvalue weighted by atomic mass is 31.2. The molecule has 0 spiro atoms. The van der Waals surface area contributed by atoms with Crippen molar-refractivity contribution in [2.24, 2.45) is 5.73 Å². The molecule has 0 aromatic heterocycles. The van der Waals surface area contributed by atoms with Crippen LogP contribution in [0.5, 0.6) is 0 Å². The van der Waals surface area contributed by atoms with Crippen LogP contribution in [0, 0.1) is 0 Å². The van der Waals surface area contributed by atoms with E-state index in [-0.39, 0.29) is 38.6 Å². The van der Waals surface area contributed by atoms with E-state index in [2.05, 4.69) is 160 Å². The Kier molecular flexibility index (Phi) is 63.7. The van der Waals surface area contributed by atoms with Crippen molar-refractivity contribution in [2.75, 3.05) is 26.4 Å². The Labute approximate surface area is 509 Å². The average molecular weight is 1170 g/mol. The smallest absolute Gasteiger partial charge is 0.462 e. The number of esters is 2. The van der Waals surface area contributed by atoms with Gasteiger partial charge in [-0.15, -0.1) is 0 Å². The first-order valence-corrected chi connectivity index (χ1v) is 34.8. The van der Waals surface area contributed by atoms with Crippen molar-refractivity contribution in [3.05, 3.63) is 146 Å². The predicted octanol–water partition coefficient (Wildman–Crippen LogP) is 21.9. The molecule has 0 heterocycles. The largest absolute Gasteiger partial charge is 0.472 e. The summed E-state index contributed by atoms with van der Waals surface area (Å²) in [4.78, 5) is 35.3. The second-order valence-corrected chi connectivity index (χ2v) is 23.0. The molecule has 9 nitrogen and oxygen atoms in total. The van der Waals surface area contributed by atoms with E-state index in [4.69, 9.17) is 24.3 Å². The Balaban J connectivity index is 3.92. The van der Waals surface area contributed by atoms with Gasteiger partial charge < -0.3 is 20.1 Å². The molecule has 0 saturated heterocycles. The molecule has 2 atom stereocenters. The predicted molar refractivity (Wildman–Crippen MR) is 357 cm³/mol. The van der Waals surface area contributed by atoms with Crippen LogP contribution in [-0.2, 0) is 32.7 Å². The number of carbonyl (C=O) groups is 2. The van der Waals surface area contributed by atoms with Crippen molar-refractivity contribution in [3.8, 4) is 0 Å². The number of rotatable bonds is 61. The number of hydrogen-bond donors (Lipinski definition) is 2. The Morgan fingerprint density at radius 1 is 0.361 bits per heavy atom. The number of nitrogens with two attached hydrogens (primary N) is 1. The molecule has 0 aliphatic heterocycles. The minimum atomic E-state index is -4.40. The molecule has 0 bridgehead atoms. The quantitative estimate of drug-likeness (QED) is 0.0264. The van der Waals surface area contributed by atoms with E-state index in [1.165, 1.54) is 109 Å². The third-order valence-corrected chi connectivity index (χ3v) is 14.7. The maximum absolute atomic E-state index is 12.8. The monoisotopic (exact) mass is 1170 g/mol. The summed E-state index contributed by atoms with van der Waals surface area (Å²) in [6, 6.07) is 0. The van der Waals surface area contributed by atoms with Crippen LogP contribution in [0.3, 0.4) is 0 Å². The molecule has 472 valence electrons. The highest BCUT2D eigenvalue weighted by Crippen LogP contribution is 2.43. The SMILES string of the molecule is CC/C=C\C/C=C\C/C=C\C/C=C\C/C=C\C/C=C\C/C=C\C/C=C\CCCCCCCCCCCCCCCCC(=O)OC(COC(=O)CCCCCCCCCCCC/C=C\C/C=C\C/C=C\C/C=C\CC)COP(=O)(O)OCCN. The molecule has 0 amide bonds. The minimum Gasteiger partial charge on any atom is -0.462 e. The molecule has 2 unspecified atom stereocenters. The molecule has 83 heavy (non-hydrogen) atoms. The topological polar surface area (TPSA) is 134 Å². The summed E-state index contributed by atoms with van der Waals surface area (Å²) in [5, 5.41) is 0. The zero-order valence-corrected chi connectivity index (χ0v) is 53.8. The van der Waals surface area contributed by atoms with E-state index in [9.17, 15) is 19.0 Å². The lowest BCUT2D eigenvalue weighted by Crippen LogP contribution is -2.29. The van der Waals surface area contributed by atoms with Crippen molar-refractivity contribution in [3.63, 3.8) is 0 Å². The molecule has 0 radical (unpaired) electrons. The number of carbonyl (C=O) groups excluding carboxylic acids is 2. The molecule has 0 aliphatic carbocycles. The highest BCUT2D eigenvalue weighted by Gasteiger charge is 2.26. The first-order chi connectivity index (χ1) is 40.8. The second-order valence-electron chi connectivity index (χ2n) is 21.6. The van der Waals surface area contributed by atoms with Gasteiger partial charge in [0.1, 0.15) is 6.61 Å². The van der Waals surface area contributed by atoms with E-state index in [0.29, 0.717) is 6.42 Å². The van der Waals surface area contributed by atoms with Crippen LogP contribution in [0.15, 0.2) is 146 Å². The minimum absolute atomic E-state index is 0.0470. The lowest BCUT2D eigenvalue weighted by Gasteiger charge is -2.19. The Hall–Kier alpha value is -4.11. The van der Waals surface area contributed by atoms with Crippen molar-refractivity contribution in [1.29, 1.82) is 0 Å². The fourth-order valence-electron chi connectivity index (χ4n) is 8.88. The molecular weight excluding hydrogens is 1050 g/mol. The first kappa shape index (κ1) is 78.9. The summed E-state index contributed by atoms with van der Waals surface area (Å²) in [6.45, 7) is 3.52. The second kappa shape index (κ2) is 67.0. The summed E-state index contributed by atoms with van der Waals surface area (Å²) < 4.78 is 33.1. The van der Waals surface area contributed by atoms with Gasteiger partial charge in [0.05, 0.1) is 13.2 Å². The molecular formula is C73H122NO8P. The van der Waals surface area contributed by atoms with Crippen LogP contribution in [-0.4, -0.2) is 49.3 Å². The van der Waals surface area contributed by atoms with Crippen LogP contribution in [0.2, 0.25) is 0 Å². The van der Waals surface area contributed by atoms with Gasteiger partial charge in [0.15, 0.2) is 6.10 Å². The Bertz CT molecular complexity index is 1870. The number of phosphoric ester groups is 1. The van der Waals surface area contributed by atoms with Gasteiger partial charge in [0.25, 0.3) is 0 Å². The normalized spacial score (nSPS) is 13.9. The van der Waals surface area contributed by atoms with E-state index in [1.54, 1.807) is 0 Å². The Morgan fingerprint density at radius 2 is 0.627 bits per heavy atom. The van der Waals surface area contributed by atoms with Crippen LogP contribution in [0.25, 0.3) is 0 Å². The third kappa shape index (κ3) is 66.9. The van der Waals surface area contributed by atoms with E-state index >= 15 is 0 Å². The zero-order chi connectivity index (χ0) is 60.1. The molecule has 0 aromatic carbocycles. The number of ether oxygens (including phenoxy) is 2. The van der Waals surface area contributed by atoms with Gasteiger partial charge in [-0.3, -0.25) is 18.6 Å². The molecule has 0 saturated carbocycles. The van der Waals surface area contributed by atoms with Crippen molar-refractivity contribution in [2.45, 2.75) is 277 Å². The summed E-state index contributed by atoms with van der Waals surface area (Å²) in [5.74, 6) is -0.835. The lowest BCUT2D eigenvalue weighted by molar-refractivity contribution is -0.161. The molecule has 0 fully saturated rings. The van der Waals surface area contributed by atoms with Crippen LogP contribution in [0.4, 0.5) is 0 Å². The summed E-state index contributed by atoms with van der Waals surface area (Å²) in [7, 11) is -4.40. The van der Waals surface area contributed by atoms with Gasteiger partial charge in [0.2, 0.25) is 0 Å². The van der Waals surface area contributed by atoms with Crippen LogP contribution in [0.1, 0.15) is 271 Å². The van der Waals surface area contributed by atoms with Crippen molar-refractivity contribution in [1.82, 2.24) is 0 Å². The van der Waals surface area contributed by atoms with Gasteiger partial charge in [-0.1, -0.05) is 288 Å². The third-order valence-electron chi connectivity index (χ3n) is 13.7. The maximum Gasteiger partial charge on any atom is 0.472 e. The highest BCUT2D eigenvalue weighted by molar-refractivity contribution is 7.47.